The summed E-state index contributed by atoms with van der Waals surface area (Å²) in [6, 6.07) is 5.16. The molecule has 0 unspecified atom stereocenters. The van der Waals surface area contributed by atoms with E-state index in [1.165, 1.54) is 6.07 Å². The first-order valence-corrected chi connectivity index (χ1v) is 6.46. The van der Waals surface area contributed by atoms with E-state index < -0.39 is 0 Å². The van der Waals surface area contributed by atoms with Gasteiger partial charge < -0.3 is 4.90 Å². The number of hydrogen-bond donors (Lipinski definition) is 0. The van der Waals surface area contributed by atoms with Crippen LogP contribution in [-0.4, -0.2) is 23.4 Å². The zero-order valence-electron chi connectivity index (χ0n) is 10.1. The molecule has 0 radical (unpaired) electrons. The lowest BCUT2D eigenvalue weighted by Gasteiger charge is -2.16. The summed E-state index contributed by atoms with van der Waals surface area (Å²) in [5.74, 6) is 0. The van der Waals surface area contributed by atoms with Crippen LogP contribution in [0.4, 0.5) is 5.69 Å². The SMILES string of the molecule is CCCCN(C)Cc1cccc([N+](=O)[O-])c1Br. The summed E-state index contributed by atoms with van der Waals surface area (Å²) in [7, 11) is 2.03. The first-order valence-electron chi connectivity index (χ1n) is 5.66. The maximum Gasteiger partial charge on any atom is 0.283 e. The number of nitro benzene ring substituents is 1. The Bertz CT molecular complexity index is 396. The molecule has 0 bridgehead atoms. The van der Waals surface area contributed by atoms with Crippen molar-refractivity contribution in [1.82, 2.24) is 4.90 Å². The molecule has 1 aromatic carbocycles. The fraction of sp³-hybridized carbons (Fsp3) is 0.500. The van der Waals surface area contributed by atoms with Crippen molar-refractivity contribution in [3.63, 3.8) is 0 Å². The molecule has 17 heavy (non-hydrogen) atoms. The molecule has 1 aromatic rings. The lowest BCUT2D eigenvalue weighted by atomic mass is 10.2. The normalized spacial score (nSPS) is 10.8. The van der Waals surface area contributed by atoms with Gasteiger partial charge in [-0.15, -0.1) is 0 Å². The van der Waals surface area contributed by atoms with E-state index in [1.54, 1.807) is 6.07 Å². The van der Waals surface area contributed by atoms with Gasteiger partial charge in [0.25, 0.3) is 5.69 Å². The van der Waals surface area contributed by atoms with Crippen molar-refractivity contribution >= 4 is 21.6 Å². The number of rotatable bonds is 6. The monoisotopic (exact) mass is 300 g/mol. The average Bonchev–Trinajstić information content (AvgIpc) is 2.28. The van der Waals surface area contributed by atoms with Crippen LogP contribution < -0.4 is 0 Å². The maximum atomic E-state index is 10.8. The largest absolute Gasteiger partial charge is 0.302 e. The highest BCUT2D eigenvalue weighted by atomic mass is 79.9. The highest BCUT2D eigenvalue weighted by Crippen LogP contribution is 2.28. The number of hydrogen-bond acceptors (Lipinski definition) is 3. The number of nitrogens with zero attached hydrogens (tertiary/aromatic N) is 2. The average molecular weight is 301 g/mol. The standard InChI is InChI=1S/C12H17BrN2O2/c1-3-4-8-14(2)9-10-6-5-7-11(12(10)13)15(16)17/h5-7H,3-4,8-9H2,1-2H3. The number of halogens is 1. The number of unbranched alkanes of at least 4 members (excludes halogenated alkanes) is 1. The number of nitro groups is 1. The van der Waals surface area contributed by atoms with Crippen LogP contribution in [0.2, 0.25) is 0 Å². The van der Waals surface area contributed by atoms with Crippen LogP contribution in [0.5, 0.6) is 0 Å². The molecule has 0 aliphatic rings. The molecule has 0 saturated carbocycles. The van der Waals surface area contributed by atoms with Gasteiger partial charge in [0.2, 0.25) is 0 Å². The quantitative estimate of drug-likeness (QED) is 0.596. The minimum Gasteiger partial charge on any atom is -0.302 e. The van der Waals surface area contributed by atoms with Crippen molar-refractivity contribution in [2.75, 3.05) is 13.6 Å². The summed E-state index contributed by atoms with van der Waals surface area (Å²) < 4.78 is 0.591. The summed E-state index contributed by atoms with van der Waals surface area (Å²) in [5, 5.41) is 10.8. The summed E-state index contributed by atoms with van der Waals surface area (Å²) in [5.41, 5.74) is 1.09. The van der Waals surface area contributed by atoms with Crippen molar-refractivity contribution in [2.45, 2.75) is 26.3 Å². The molecule has 0 N–H and O–H groups in total. The zero-order chi connectivity index (χ0) is 12.8. The molecule has 0 atom stereocenters. The van der Waals surface area contributed by atoms with Crippen molar-refractivity contribution < 1.29 is 4.92 Å². The molecule has 0 heterocycles. The van der Waals surface area contributed by atoms with Crippen LogP contribution in [0.1, 0.15) is 25.3 Å². The predicted molar refractivity (Wildman–Crippen MR) is 72.0 cm³/mol. The highest BCUT2D eigenvalue weighted by Gasteiger charge is 2.15. The van der Waals surface area contributed by atoms with Gasteiger partial charge in [0.05, 0.1) is 9.40 Å². The molecule has 0 aliphatic carbocycles. The fourth-order valence-electron chi connectivity index (χ4n) is 1.63. The molecule has 4 nitrogen and oxygen atoms in total. The van der Waals surface area contributed by atoms with Crippen LogP contribution >= 0.6 is 15.9 Å². The third kappa shape index (κ3) is 4.09. The Morgan fingerprint density at radius 3 is 2.76 bits per heavy atom. The van der Waals surface area contributed by atoms with Crippen molar-refractivity contribution in [2.24, 2.45) is 0 Å². The van der Waals surface area contributed by atoms with Crippen molar-refractivity contribution in [3.05, 3.63) is 38.3 Å². The van der Waals surface area contributed by atoms with E-state index in [0.29, 0.717) is 4.47 Å². The van der Waals surface area contributed by atoms with E-state index in [9.17, 15) is 10.1 Å². The van der Waals surface area contributed by atoms with Gasteiger partial charge in [-0.05, 0) is 41.5 Å². The molecule has 0 saturated heterocycles. The van der Waals surface area contributed by atoms with Crippen LogP contribution in [-0.2, 0) is 6.54 Å². The molecule has 5 heteroatoms. The van der Waals surface area contributed by atoms with E-state index in [0.717, 1.165) is 31.5 Å². The Labute approximate surface area is 110 Å². The van der Waals surface area contributed by atoms with Gasteiger partial charge >= 0.3 is 0 Å². The third-order valence-electron chi connectivity index (χ3n) is 2.59. The maximum absolute atomic E-state index is 10.8. The van der Waals surface area contributed by atoms with E-state index in [1.807, 2.05) is 13.1 Å². The van der Waals surface area contributed by atoms with Crippen molar-refractivity contribution in [1.29, 1.82) is 0 Å². The first kappa shape index (κ1) is 14.1. The first-order chi connectivity index (χ1) is 8.06. The molecule has 0 aliphatic heterocycles. The second kappa shape index (κ2) is 6.71. The van der Waals surface area contributed by atoms with Gasteiger partial charge in [-0.3, -0.25) is 10.1 Å². The van der Waals surface area contributed by atoms with Crippen LogP contribution in [0, 0.1) is 10.1 Å². The lowest BCUT2D eigenvalue weighted by molar-refractivity contribution is -0.385. The Balaban J connectivity index is 2.77. The van der Waals surface area contributed by atoms with Gasteiger partial charge in [-0.2, -0.15) is 0 Å². The summed E-state index contributed by atoms with van der Waals surface area (Å²) in [6.07, 6.45) is 2.30. The second-order valence-corrected chi connectivity index (χ2v) is 4.89. The summed E-state index contributed by atoms with van der Waals surface area (Å²) >= 11 is 3.31. The molecule has 0 fully saturated rings. The Morgan fingerprint density at radius 2 is 2.18 bits per heavy atom. The van der Waals surface area contributed by atoms with Crippen LogP contribution in [0.15, 0.2) is 22.7 Å². The Kier molecular flexibility index (Phi) is 5.58. The second-order valence-electron chi connectivity index (χ2n) is 4.10. The molecule has 0 spiro atoms. The third-order valence-corrected chi connectivity index (χ3v) is 3.50. The molecular weight excluding hydrogens is 284 g/mol. The van der Waals surface area contributed by atoms with Crippen LogP contribution in [0.25, 0.3) is 0 Å². The molecule has 0 aromatic heterocycles. The zero-order valence-corrected chi connectivity index (χ0v) is 11.7. The Hall–Kier alpha value is -0.940. The van der Waals surface area contributed by atoms with Crippen molar-refractivity contribution in [3.8, 4) is 0 Å². The Morgan fingerprint density at radius 1 is 1.47 bits per heavy atom. The highest BCUT2D eigenvalue weighted by molar-refractivity contribution is 9.10. The summed E-state index contributed by atoms with van der Waals surface area (Å²) in [6.45, 7) is 3.88. The van der Waals surface area contributed by atoms with Gasteiger partial charge in [0.15, 0.2) is 0 Å². The van der Waals surface area contributed by atoms with E-state index in [2.05, 4.69) is 27.8 Å². The topological polar surface area (TPSA) is 46.4 Å². The number of benzene rings is 1. The molecule has 0 amide bonds. The van der Waals surface area contributed by atoms with Gasteiger partial charge in [0.1, 0.15) is 0 Å². The van der Waals surface area contributed by atoms with E-state index in [4.69, 9.17) is 0 Å². The van der Waals surface area contributed by atoms with E-state index in [-0.39, 0.29) is 10.6 Å². The minimum atomic E-state index is -0.361. The molecule has 1 rings (SSSR count). The van der Waals surface area contributed by atoms with E-state index >= 15 is 0 Å². The smallest absolute Gasteiger partial charge is 0.283 e. The predicted octanol–water partition coefficient (Wildman–Crippen LogP) is 3.59. The molecule has 94 valence electrons. The lowest BCUT2D eigenvalue weighted by Crippen LogP contribution is -2.19. The van der Waals surface area contributed by atoms with Crippen LogP contribution in [0.3, 0.4) is 0 Å². The minimum absolute atomic E-state index is 0.131. The van der Waals surface area contributed by atoms with Gasteiger partial charge in [0, 0.05) is 12.6 Å². The molecular formula is C12H17BrN2O2. The van der Waals surface area contributed by atoms with Gasteiger partial charge in [-0.25, -0.2) is 0 Å². The fourth-order valence-corrected chi connectivity index (χ4v) is 2.16. The van der Waals surface area contributed by atoms with Gasteiger partial charge in [-0.1, -0.05) is 25.5 Å². The summed E-state index contributed by atoms with van der Waals surface area (Å²) in [4.78, 5) is 12.6.